The minimum atomic E-state index is -4.65. The molecule has 0 unspecified atom stereocenters. The maximum atomic E-state index is 12.0. The van der Waals surface area contributed by atoms with Gasteiger partial charge < -0.3 is 4.74 Å². The first-order valence-electron chi connectivity index (χ1n) is 6.53. The standard InChI is InChI=1S/C17H15F3O/c1-13(15-5-3-2-4-6-15)7-8-14-9-11-16(12-10-14)21-17(18,19)20/h2-13H,1H3/b8-7+/t13-/m0/s1. The van der Waals surface area contributed by atoms with Crippen molar-refractivity contribution in [1.82, 2.24) is 0 Å². The second-order valence-corrected chi connectivity index (χ2v) is 4.68. The second-order valence-electron chi connectivity index (χ2n) is 4.68. The van der Waals surface area contributed by atoms with Crippen molar-refractivity contribution < 1.29 is 17.9 Å². The summed E-state index contributed by atoms with van der Waals surface area (Å²) >= 11 is 0. The lowest BCUT2D eigenvalue weighted by Gasteiger charge is -2.09. The van der Waals surface area contributed by atoms with Gasteiger partial charge in [0.1, 0.15) is 5.75 Å². The molecule has 0 aliphatic rings. The Kier molecular flexibility index (Phi) is 4.68. The van der Waals surface area contributed by atoms with Crippen LogP contribution in [0.1, 0.15) is 24.0 Å². The quantitative estimate of drug-likeness (QED) is 0.733. The van der Waals surface area contributed by atoms with Crippen LogP contribution < -0.4 is 4.74 Å². The lowest BCUT2D eigenvalue weighted by molar-refractivity contribution is -0.274. The van der Waals surface area contributed by atoms with Gasteiger partial charge in [0.25, 0.3) is 0 Å². The van der Waals surface area contributed by atoms with E-state index in [0.29, 0.717) is 0 Å². The molecule has 0 bridgehead atoms. The molecule has 0 heterocycles. The van der Waals surface area contributed by atoms with E-state index in [4.69, 9.17) is 0 Å². The molecule has 0 fully saturated rings. The number of hydrogen-bond acceptors (Lipinski definition) is 1. The summed E-state index contributed by atoms with van der Waals surface area (Å²) in [5.41, 5.74) is 2.01. The molecule has 0 saturated heterocycles. The van der Waals surface area contributed by atoms with E-state index in [1.807, 2.05) is 42.5 Å². The molecule has 0 aliphatic heterocycles. The van der Waals surface area contributed by atoms with Crippen LogP contribution in [-0.2, 0) is 0 Å². The van der Waals surface area contributed by atoms with Gasteiger partial charge in [-0.05, 0) is 29.2 Å². The highest BCUT2D eigenvalue weighted by Gasteiger charge is 2.30. The first kappa shape index (κ1) is 15.2. The van der Waals surface area contributed by atoms with Crippen LogP contribution in [0.3, 0.4) is 0 Å². The van der Waals surface area contributed by atoms with Crippen LogP contribution in [0, 0.1) is 0 Å². The SMILES string of the molecule is C[C@@H](/C=C/c1ccc(OC(F)(F)F)cc1)c1ccccc1. The van der Waals surface area contributed by atoms with E-state index >= 15 is 0 Å². The predicted octanol–water partition coefficient (Wildman–Crippen LogP) is 5.40. The van der Waals surface area contributed by atoms with Gasteiger partial charge in [-0.2, -0.15) is 0 Å². The average molecular weight is 292 g/mol. The van der Waals surface area contributed by atoms with E-state index in [1.165, 1.54) is 17.7 Å². The molecule has 110 valence electrons. The molecule has 0 N–H and O–H groups in total. The molecular weight excluding hydrogens is 277 g/mol. The number of rotatable bonds is 4. The predicted molar refractivity (Wildman–Crippen MR) is 77.0 cm³/mol. The number of halogens is 3. The van der Waals surface area contributed by atoms with Crippen molar-refractivity contribution in [2.24, 2.45) is 0 Å². The van der Waals surface area contributed by atoms with Crippen molar-refractivity contribution in [2.45, 2.75) is 19.2 Å². The molecule has 2 aromatic carbocycles. The van der Waals surface area contributed by atoms with Crippen molar-refractivity contribution in [3.05, 3.63) is 71.8 Å². The van der Waals surface area contributed by atoms with Crippen molar-refractivity contribution in [2.75, 3.05) is 0 Å². The van der Waals surface area contributed by atoms with Crippen molar-refractivity contribution in [3.63, 3.8) is 0 Å². The molecule has 4 heteroatoms. The van der Waals surface area contributed by atoms with Gasteiger partial charge in [-0.3, -0.25) is 0 Å². The second kappa shape index (κ2) is 6.48. The van der Waals surface area contributed by atoms with Crippen molar-refractivity contribution in [3.8, 4) is 5.75 Å². The van der Waals surface area contributed by atoms with Gasteiger partial charge in [0.2, 0.25) is 0 Å². The van der Waals surface area contributed by atoms with E-state index in [2.05, 4.69) is 11.7 Å². The van der Waals surface area contributed by atoms with Crippen LogP contribution >= 0.6 is 0 Å². The molecule has 2 aromatic rings. The summed E-state index contributed by atoms with van der Waals surface area (Å²) < 4.78 is 40.0. The Balaban J connectivity index is 2.01. The zero-order valence-corrected chi connectivity index (χ0v) is 11.5. The summed E-state index contributed by atoms with van der Waals surface area (Å²) in [5.74, 6) is 0.0214. The third-order valence-corrected chi connectivity index (χ3v) is 3.02. The largest absolute Gasteiger partial charge is 0.573 e. The van der Waals surface area contributed by atoms with Gasteiger partial charge in [0, 0.05) is 0 Å². The fourth-order valence-electron chi connectivity index (χ4n) is 1.90. The Morgan fingerprint density at radius 1 is 0.952 bits per heavy atom. The smallest absolute Gasteiger partial charge is 0.406 e. The fraction of sp³-hybridized carbons (Fsp3) is 0.176. The molecule has 1 atom stereocenters. The lowest BCUT2D eigenvalue weighted by atomic mass is 10.00. The zero-order chi connectivity index (χ0) is 15.3. The topological polar surface area (TPSA) is 9.23 Å². The highest BCUT2D eigenvalue weighted by Crippen LogP contribution is 2.23. The summed E-state index contributed by atoms with van der Waals surface area (Å²) in [4.78, 5) is 0. The minimum absolute atomic E-state index is 0.212. The summed E-state index contributed by atoms with van der Waals surface area (Å²) in [6, 6.07) is 15.8. The summed E-state index contributed by atoms with van der Waals surface area (Å²) in [6.07, 6.45) is -0.761. The van der Waals surface area contributed by atoms with E-state index in [1.54, 1.807) is 12.1 Å². The molecule has 1 nitrogen and oxygen atoms in total. The maximum absolute atomic E-state index is 12.0. The van der Waals surface area contributed by atoms with Crippen LogP contribution in [-0.4, -0.2) is 6.36 Å². The summed E-state index contributed by atoms with van der Waals surface area (Å²) in [6.45, 7) is 2.06. The molecule has 0 radical (unpaired) electrons. The van der Waals surface area contributed by atoms with E-state index in [-0.39, 0.29) is 11.7 Å². The van der Waals surface area contributed by atoms with Crippen LogP contribution in [0.2, 0.25) is 0 Å². The Morgan fingerprint density at radius 2 is 1.57 bits per heavy atom. The Morgan fingerprint density at radius 3 is 2.14 bits per heavy atom. The van der Waals surface area contributed by atoms with Crippen molar-refractivity contribution in [1.29, 1.82) is 0 Å². The van der Waals surface area contributed by atoms with Gasteiger partial charge in [0.15, 0.2) is 0 Å². The van der Waals surface area contributed by atoms with Crippen LogP contribution in [0.4, 0.5) is 13.2 Å². The molecule has 0 spiro atoms. The highest BCUT2D eigenvalue weighted by atomic mass is 19.4. The number of benzene rings is 2. The Labute approximate surface area is 121 Å². The summed E-state index contributed by atoms with van der Waals surface area (Å²) in [5, 5.41) is 0. The Bertz CT molecular complexity index is 586. The minimum Gasteiger partial charge on any atom is -0.406 e. The van der Waals surface area contributed by atoms with Crippen LogP contribution in [0.25, 0.3) is 6.08 Å². The average Bonchev–Trinajstić information content (AvgIpc) is 2.45. The van der Waals surface area contributed by atoms with Gasteiger partial charge in [-0.15, -0.1) is 13.2 Å². The van der Waals surface area contributed by atoms with Gasteiger partial charge >= 0.3 is 6.36 Å². The molecule has 0 saturated carbocycles. The normalized spacial score (nSPS) is 13.3. The highest BCUT2D eigenvalue weighted by molar-refractivity contribution is 5.52. The van der Waals surface area contributed by atoms with Crippen LogP contribution in [0.15, 0.2) is 60.7 Å². The molecule has 0 aliphatic carbocycles. The zero-order valence-electron chi connectivity index (χ0n) is 11.5. The Hall–Kier alpha value is -2.23. The molecule has 2 rings (SSSR count). The molecule has 0 amide bonds. The third-order valence-electron chi connectivity index (χ3n) is 3.02. The first-order chi connectivity index (χ1) is 9.94. The third kappa shape index (κ3) is 4.99. The van der Waals surface area contributed by atoms with Crippen LogP contribution in [0.5, 0.6) is 5.75 Å². The number of allylic oxidation sites excluding steroid dienone is 1. The monoisotopic (exact) mass is 292 g/mol. The number of ether oxygens (including phenoxy) is 1. The van der Waals surface area contributed by atoms with E-state index in [0.717, 1.165) is 5.56 Å². The maximum Gasteiger partial charge on any atom is 0.573 e. The number of alkyl halides is 3. The fourth-order valence-corrected chi connectivity index (χ4v) is 1.90. The number of hydrogen-bond donors (Lipinski definition) is 0. The molecular formula is C17H15F3O. The molecule has 21 heavy (non-hydrogen) atoms. The van der Waals surface area contributed by atoms with Gasteiger partial charge in [-0.1, -0.05) is 61.5 Å². The van der Waals surface area contributed by atoms with Gasteiger partial charge in [-0.25, -0.2) is 0 Å². The lowest BCUT2D eigenvalue weighted by Crippen LogP contribution is -2.16. The van der Waals surface area contributed by atoms with Gasteiger partial charge in [0.05, 0.1) is 0 Å². The van der Waals surface area contributed by atoms with Crippen molar-refractivity contribution >= 4 is 6.08 Å². The molecule has 0 aromatic heterocycles. The van der Waals surface area contributed by atoms with E-state index < -0.39 is 6.36 Å². The first-order valence-corrected chi connectivity index (χ1v) is 6.53. The van der Waals surface area contributed by atoms with E-state index in [9.17, 15) is 13.2 Å². The summed E-state index contributed by atoms with van der Waals surface area (Å²) in [7, 11) is 0.